The largest absolute Gasteiger partial charge is 0.490 e. The number of urea groups is 1. The van der Waals surface area contributed by atoms with Crippen LogP contribution in [0.4, 0.5) is 16.2 Å². The van der Waals surface area contributed by atoms with Crippen molar-refractivity contribution >= 4 is 35.3 Å². The number of benzene rings is 3. The van der Waals surface area contributed by atoms with Crippen LogP contribution in [0.2, 0.25) is 0 Å². The Labute approximate surface area is 224 Å². The molecule has 0 bridgehead atoms. The van der Waals surface area contributed by atoms with Gasteiger partial charge in [-0.05, 0) is 73.0 Å². The van der Waals surface area contributed by atoms with E-state index in [4.69, 9.17) is 9.47 Å². The van der Waals surface area contributed by atoms with Crippen LogP contribution in [0.3, 0.4) is 0 Å². The minimum absolute atomic E-state index is 0.00910. The fourth-order valence-corrected chi connectivity index (χ4v) is 3.83. The van der Waals surface area contributed by atoms with Crippen molar-refractivity contribution < 1.29 is 28.8 Å². The van der Waals surface area contributed by atoms with Crippen LogP contribution in [0.1, 0.15) is 23.6 Å². The topological polar surface area (TPSA) is 140 Å². The smallest absolute Gasteiger partial charge is 0.329 e. The Hall–Kier alpha value is -5.19. The molecule has 1 saturated heterocycles. The number of non-ortho nitro benzene ring substituents is 1. The monoisotopic (exact) mass is 530 g/mol. The molecule has 1 heterocycles. The minimum atomic E-state index is -0.696. The maximum atomic E-state index is 12.9. The van der Waals surface area contributed by atoms with E-state index in [0.717, 1.165) is 16.0 Å². The SMILES string of the molecule is CCOc1cc(C=C2NC(=O)N(CC(=O)Nc3cccc(C)c3)C2=O)ccc1OCc1ccc([N+](=O)[O-])cc1. The van der Waals surface area contributed by atoms with Gasteiger partial charge in [0.1, 0.15) is 18.8 Å². The lowest BCUT2D eigenvalue weighted by molar-refractivity contribution is -0.384. The van der Waals surface area contributed by atoms with Crippen molar-refractivity contribution in [2.45, 2.75) is 20.5 Å². The number of carbonyl (C=O) groups is 3. The summed E-state index contributed by atoms with van der Waals surface area (Å²) in [5.74, 6) is -0.275. The Kier molecular flexibility index (Phi) is 8.20. The van der Waals surface area contributed by atoms with Gasteiger partial charge in [0.05, 0.1) is 11.5 Å². The van der Waals surface area contributed by atoms with Gasteiger partial charge in [0.2, 0.25) is 5.91 Å². The number of hydrogen-bond donors (Lipinski definition) is 2. The highest BCUT2D eigenvalue weighted by Crippen LogP contribution is 2.30. The molecule has 3 aromatic rings. The molecule has 4 rings (SSSR count). The van der Waals surface area contributed by atoms with Crippen LogP contribution in [-0.4, -0.2) is 40.8 Å². The molecule has 0 aliphatic carbocycles. The van der Waals surface area contributed by atoms with Crippen LogP contribution in [-0.2, 0) is 16.2 Å². The number of carbonyl (C=O) groups excluding carboxylic acids is 3. The first-order valence-corrected chi connectivity index (χ1v) is 12.1. The van der Waals surface area contributed by atoms with Crippen LogP contribution in [0.5, 0.6) is 11.5 Å². The summed E-state index contributed by atoms with van der Waals surface area (Å²) in [6.45, 7) is 3.78. The zero-order valence-corrected chi connectivity index (χ0v) is 21.3. The van der Waals surface area contributed by atoms with Crippen molar-refractivity contribution in [3.63, 3.8) is 0 Å². The van der Waals surface area contributed by atoms with Crippen molar-refractivity contribution in [2.24, 2.45) is 0 Å². The molecule has 1 aliphatic rings. The molecule has 0 unspecified atom stereocenters. The van der Waals surface area contributed by atoms with E-state index < -0.39 is 29.3 Å². The second-order valence-electron chi connectivity index (χ2n) is 8.65. The van der Waals surface area contributed by atoms with Gasteiger partial charge in [-0.3, -0.25) is 19.7 Å². The summed E-state index contributed by atoms with van der Waals surface area (Å²) in [7, 11) is 0. The minimum Gasteiger partial charge on any atom is -0.490 e. The third-order valence-corrected chi connectivity index (χ3v) is 5.69. The van der Waals surface area contributed by atoms with Crippen LogP contribution >= 0.6 is 0 Å². The van der Waals surface area contributed by atoms with Gasteiger partial charge in [0, 0.05) is 17.8 Å². The van der Waals surface area contributed by atoms with Crippen molar-refractivity contribution in [1.29, 1.82) is 0 Å². The van der Waals surface area contributed by atoms with Crippen molar-refractivity contribution in [3.05, 3.63) is 99.2 Å². The zero-order valence-electron chi connectivity index (χ0n) is 21.3. The van der Waals surface area contributed by atoms with Crippen molar-refractivity contribution in [3.8, 4) is 11.5 Å². The van der Waals surface area contributed by atoms with Gasteiger partial charge >= 0.3 is 6.03 Å². The van der Waals surface area contributed by atoms with E-state index in [0.29, 0.717) is 29.4 Å². The summed E-state index contributed by atoms with van der Waals surface area (Å²) in [5, 5.41) is 16.0. The van der Waals surface area contributed by atoms with Crippen LogP contribution in [0, 0.1) is 17.0 Å². The number of anilines is 1. The standard InChI is InChI=1S/C28H26N4O7/c1-3-38-25-15-20(9-12-24(25)39-17-19-7-10-22(11-8-19)32(36)37)14-23-27(34)31(28(35)30-23)16-26(33)29-21-6-4-5-18(2)13-21/h4-15H,3,16-17H2,1-2H3,(H,29,33)(H,30,35). The number of nitro benzene ring substituents is 1. The van der Waals surface area contributed by atoms with Gasteiger partial charge in [-0.15, -0.1) is 0 Å². The maximum absolute atomic E-state index is 12.9. The molecule has 4 amide bonds. The highest BCUT2D eigenvalue weighted by Gasteiger charge is 2.35. The average molecular weight is 531 g/mol. The summed E-state index contributed by atoms with van der Waals surface area (Å²) in [5.41, 5.74) is 2.84. The van der Waals surface area contributed by atoms with E-state index in [1.807, 2.05) is 19.9 Å². The quantitative estimate of drug-likeness (QED) is 0.171. The molecule has 0 saturated carbocycles. The summed E-state index contributed by atoms with van der Waals surface area (Å²) in [4.78, 5) is 48.9. The van der Waals surface area contributed by atoms with Crippen LogP contribution in [0.15, 0.2) is 72.4 Å². The van der Waals surface area contributed by atoms with E-state index in [2.05, 4.69) is 10.6 Å². The molecule has 39 heavy (non-hydrogen) atoms. The van der Waals surface area contributed by atoms with Crippen molar-refractivity contribution in [2.75, 3.05) is 18.5 Å². The van der Waals surface area contributed by atoms with E-state index in [-0.39, 0.29) is 18.0 Å². The average Bonchev–Trinajstić information content (AvgIpc) is 3.15. The summed E-state index contributed by atoms with van der Waals surface area (Å²) in [6, 6.07) is 17.5. The number of hydrogen-bond acceptors (Lipinski definition) is 7. The molecule has 11 heteroatoms. The van der Waals surface area contributed by atoms with E-state index in [9.17, 15) is 24.5 Å². The summed E-state index contributed by atoms with van der Waals surface area (Å²) in [6.07, 6.45) is 1.49. The Bertz CT molecular complexity index is 1450. The molecular formula is C28H26N4O7. The lowest BCUT2D eigenvalue weighted by Crippen LogP contribution is -2.38. The Morgan fingerprint density at radius 1 is 1.05 bits per heavy atom. The predicted molar refractivity (Wildman–Crippen MR) is 143 cm³/mol. The molecule has 1 aliphatic heterocycles. The lowest BCUT2D eigenvalue weighted by atomic mass is 10.1. The van der Waals surface area contributed by atoms with Gasteiger partial charge in [-0.2, -0.15) is 0 Å². The van der Waals surface area contributed by atoms with Gasteiger partial charge in [-0.1, -0.05) is 18.2 Å². The second kappa shape index (κ2) is 11.9. The number of nitrogens with zero attached hydrogens (tertiary/aromatic N) is 2. The maximum Gasteiger partial charge on any atom is 0.329 e. The lowest BCUT2D eigenvalue weighted by Gasteiger charge is -2.13. The fourth-order valence-electron chi connectivity index (χ4n) is 3.83. The summed E-state index contributed by atoms with van der Waals surface area (Å²) >= 11 is 0. The Morgan fingerprint density at radius 3 is 2.51 bits per heavy atom. The molecule has 0 atom stereocenters. The first-order chi connectivity index (χ1) is 18.7. The molecule has 11 nitrogen and oxygen atoms in total. The molecule has 3 aromatic carbocycles. The molecule has 0 aromatic heterocycles. The van der Waals surface area contributed by atoms with E-state index in [1.54, 1.807) is 48.5 Å². The Morgan fingerprint density at radius 2 is 1.82 bits per heavy atom. The number of nitrogens with one attached hydrogen (secondary N) is 2. The van der Waals surface area contributed by atoms with Crippen molar-refractivity contribution in [1.82, 2.24) is 10.2 Å². The first-order valence-electron chi connectivity index (χ1n) is 12.1. The van der Waals surface area contributed by atoms with Gasteiger partial charge in [0.15, 0.2) is 11.5 Å². The van der Waals surface area contributed by atoms with E-state index in [1.165, 1.54) is 18.2 Å². The second-order valence-corrected chi connectivity index (χ2v) is 8.65. The first kappa shape index (κ1) is 26.9. The highest BCUT2D eigenvalue weighted by atomic mass is 16.6. The summed E-state index contributed by atoms with van der Waals surface area (Å²) < 4.78 is 11.5. The van der Waals surface area contributed by atoms with Gasteiger partial charge < -0.3 is 20.1 Å². The van der Waals surface area contributed by atoms with Crippen LogP contribution < -0.4 is 20.1 Å². The molecule has 2 N–H and O–H groups in total. The highest BCUT2D eigenvalue weighted by molar-refractivity contribution is 6.16. The number of aryl methyl sites for hydroxylation is 1. The molecule has 1 fully saturated rings. The third-order valence-electron chi connectivity index (χ3n) is 5.69. The molecule has 0 spiro atoms. The van der Waals surface area contributed by atoms with E-state index >= 15 is 0 Å². The fraction of sp³-hybridized carbons (Fsp3) is 0.179. The zero-order chi connectivity index (χ0) is 27.9. The third kappa shape index (κ3) is 6.77. The number of ether oxygens (including phenoxy) is 2. The number of nitro groups is 1. The number of imide groups is 1. The van der Waals surface area contributed by atoms with Gasteiger partial charge in [0.25, 0.3) is 11.6 Å². The number of amides is 4. The molecule has 200 valence electrons. The number of rotatable bonds is 10. The predicted octanol–water partition coefficient (Wildman–Crippen LogP) is 4.41. The Balaban J connectivity index is 1.43. The van der Waals surface area contributed by atoms with Crippen LogP contribution in [0.25, 0.3) is 6.08 Å². The van der Waals surface area contributed by atoms with Gasteiger partial charge in [-0.25, -0.2) is 9.69 Å². The molecule has 0 radical (unpaired) electrons. The molecular weight excluding hydrogens is 504 g/mol. The normalized spacial score (nSPS) is 13.8.